The van der Waals surface area contributed by atoms with E-state index in [9.17, 15) is 4.79 Å². The highest BCUT2D eigenvalue weighted by Crippen LogP contribution is 2.49. The second-order valence-corrected chi connectivity index (χ2v) is 8.00. The van der Waals surface area contributed by atoms with Gasteiger partial charge in [-0.1, -0.05) is 0 Å². The van der Waals surface area contributed by atoms with Crippen LogP contribution in [0.5, 0.6) is 5.75 Å². The van der Waals surface area contributed by atoms with E-state index in [1.165, 1.54) is 5.56 Å². The number of rotatable bonds is 6. The first-order valence-corrected chi connectivity index (χ1v) is 9.05. The molecular formula is C19H28N2O4. The van der Waals surface area contributed by atoms with Crippen LogP contribution in [-0.2, 0) is 4.74 Å². The van der Waals surface area contributed by atoms with Crippen LogP contribution in [0.4, 0.5) is 4.79 Å². The lowest BCUT2D eigenvalue weighted by Crippen LogP contribution is -2.55. The second-order valence-electron chi connectivity index (χ2n) is 8.00. The van der Waals surface area contributed by atoms with Gasteiger partial charge in [0.25, 0.3) is 0 Å². The molecule has 0 spiro atoms. The van der Waals surface area contributed by atoms with Crippen LogP contribution in [0.2, 0.25) is 0 Å². The zero-order chi connectivity index (χ0) is 18.0. The summed E-state index contributed by atoms with van der Waals surface area (Å²) < 4.78 is 11.3. The number of likely N-dealkylation sites (tertiary alicyclic amines) is 1. The van der Waals surface area contributed by atoms with E-state index in [1.54, 1.807) is 11.1 Å². The van der Waals surface area contributed by atoms with Gasteiger partial charge in [-0.3, -0.25) is 4.98 Å². The van der Waals surface area contributed by atoms with Gasteiger partial charge in [0.05, 0.1) is 12.2 Å². The van der Waals surface area contributed by atoms with E-state index in [0.29, 0.717) is 25.0 Å². The SMILES string of the molecule is CC(C)(C)OC(=O)N1CCC1COc1cncc(C2CC2CCO)c1. The highest BCUT2D eigenvalue weighted by Gasteiger charge is 2.38. The number of hydrogen-bond donors (Lipinski definition) is 1. The second kappa shape index (κ2) is 7.20. The topological polar surface area (TPSA) is 71.9 Å². The summed E-state index contributed by atoms with van der Waals surface area (Å²) >= 11 is 0. The van der Waals surface area contributed by atoms with Crippen LogP contribution >= 0.6 is 0 Å². The van der Waals surface area contributed by atoms with Crippen LogP contribution < -0.4 is 4.74 Å². The third kappa shape index (κ3) is 4.63. The van der Waals surface area contributed by atoms with Crippen molar-refractivity contribution in [3.8, 4) is 5.75 Å². The fourth-order valence-corrected chi connectivity index (χ4v) is 3.23. The summed E-state index contributed by atoms with van der Waals surface area (Å²) in [7, 11) is 0. The summed E-state index contributed by atoms with van der Waals surface area (Å²) in [5.41, 5.74) is 0.694. The van der Waals surface area contributed by atoms with Crippen molar-refractivity contribution in [2.24, 2.45) is 5.92 Å². The van der Waals surface area contributed by atoms with Gasteiger partial charge in [0.2, 0.25) is 0 Å². The third-order valence-corrected chi connectivity index (χ3v) is 4.80. The highest BCUT2D eigenvalue weighted by molar-refractivity contribution is 5.69. The van der Waals surface area contributed by atoms with Crippen molar-refractivity contribution in [3.05, 3.63) is 24.0 Å². The lowest BCUT2D eigenvalue weighted by Gasteiger charge is -2.40. The molecule has 3 atom stereocenters. The Balaban J connectivity index is 1.50. The van der Waals surface area contributed by atoms with Gasteiger partial charge in [-0.2, -0.15) is 0 Å². The number of nitrogens with zero attached hydrogens (tertiary/aromatic N) is 2. The number of amides is 1. The van der Waals surface area contributed by atoms with Crippen molar-refractivity contribution in [3.63, 3.8) is 0 Å². The van der Waals surface area contributed by atoms with E-state index < -0.39 is 5.60 Å². The molecule has 6 nitrogen and oxygen atoms in total. The maximum Gasteiger partial charge on any atom is 0.410 e. The van der Waals surface area contributed by atoms with Gasteiger partial charge < -0.3 is 19.5 Å². The predicted octanol–water partition coefficient (Wildman–Crippen LogP) is 2.96. The zero-order valence-corrected chi connectivity index (χ0v) is 15.3. The van der Waals surface area contributed by atoms with E-state index >= 15 is 0 Å². The smallest absolute Gasteiger partial charge is 0.410 e. The van der Waals surface area contributed by atoms with Crippen LogP contribution in [0.25, 0.3) is 0 Å². The predicted molar refractivity (Wildman–Crippen MR) is 93.6 cm³/mol. The Morgan fingerprint density at radius 3 is 2.84 bits per heavy atom. The van der Waals surface area contributed by atoms with Gasteiger partial charge in [-0.25, -0.2) is 4.79 Å². The Morgan fingerprint density at radius 2 is 2.20 bits per heavy atom. The third-order valence-electron chi connectivity index (χ3n) is 4.80. The quantitative estimate of drug-likeness (QED) is 0.856. The van der Waals surface area contributed by atoms with Crippen LogP contribution in [0.1, 0.15) is 51.5 Å². The Bertz CT molecular complexity index is 614. The molecule has 0 radical (unpaired) electrons. The number of aliphatic hydroxyl groups excluding tert-OH is 1. The maximum atomic E-state index is 12.1. The van der Waals surface area contributed by atoms with Gasteiger partial charge in [0, 0.05) is 19.3 Å². The van der Waals surface area contributed by atoms with E-state index in [2.05, 4.69) is 4.98 Å². The lowest BCUT2D eigenvalue weighted by atomic mass is 10.1. The van der Waals surface area contributed by atoms with Crippen molar-refractivity contribution in [2.45, 2.75) is 57.6 Å². The summed E-state index contributed by atoms with van der Waals surface area (Å²) in [4.78, 5) is 18.1. The molecular weight excluding hydrogens is 320 g/mol. The molecule has 1 saturated heterocycles. The van der Waals surface area contributed by atoms with Crippen LogP contribution in [0, 0.1) is 5.92 Å². The summed E-state index contributed by atoms with van der Waals surface area (Å²) in [6.07, 6.45) is 6.20. The molecule has 1 N–H and O–H groups in total. The van der Waals surface area contributed by atoms with Crippen molar-refractivity contribution in [1.29, 1.82) is 0 Å². The summed E-state index contributed by atoms with van der Waals surface area (Å²) in [6.45, 7) is 7.02. The zero-order valence-electron chi connectivity index (χ0n) is 15.3. The first-order chi connectivity index (χ1) is 11.9. The Kier molecular flexibility index (Phi) is 5.18. The van der Waals surface area contributed by atoms with E-state index in [0.717, 1.165) is 25.0 Å². The minimum Gasteiger partial charge on any atom is -0.490 e. The summed E-state index contributed by atoms with van der Waals surface area (Å²) in [5.74, 6) is 1.80. The normalized spacial score (nSPS) is 25.3. The van der Waals surface area contributed by atoms with Gasteiger partial charge in [-0.05, 0) is 63.5 Å². The molecule has 1 aromatic rings. The van der Waals surface area contributed by atoms with E-state index in [1.807, 2.05) is 33.0 Å². The number of aliphatic hydroxyl groups is 1. The molecule has 1 aliphatic heterocycles. The molecule has 1 saturated carbocycles. The molecule has 2 heterocycles. The Hall–Kier alpha value is -1.82. The molecule has 0 aromatic carbocycles. The van der Waals surface area contributed by atoms with Crippen molar-refractivity contribution >= 4 is 6.09 Å². The van der Waals surface area contributed by atoms with Gasteiger partial charge >= 0.3 is 6.09 Å². The molecule has 1 aromatic heterocycles. The average molecular weight is 348 g/mol. The summed E-state index contributed by atoms with van der Waals surface area (Å²) in [6, 6.07) is 2.09. The number of carbonyl (C=O) groups excluding carboxylic acids is 1. The summed E-state index contributed by atoms with van der Waals surface area (Å²) in [5, 5.41) is 9.03. The standard InChI is InChI=1S/C19H28N2O4/c1-19(2,3)25-18(23)21-6-4-15(21)12-24-16-8-14(10-20-11-16)17-9-13(17)5-7-22/h8,10-11,13,15,17,22H,4-7,9,12H2,1-3H3. The van der Waals surface area contributed by atoms with E-state index in [4.69, 9.17) is 14.6 Å². The molecule has 2 fully saturated rings. The molecule has 3 rings (SSSR count). The average Bonchev–Trinajstić information content (AvgIpc) is 3.24. The van der Waals surface area contributed by atoms with Crippen LogP contribution in [0.15, 0.2) is 18.5 Å². The minimum absolute atomic E-state index is 0.0570. The maximum absolute atomic E-state index is 12.1. The first-order valence-electron chi connectivity index (χ1n) is 9.05. The number of carbonyl (C=O) groups is 1. The fraction of sp³-hybridized carbons (Fsp3) is 0.684. The molecule has 1 aliphatic carbocycles. The monoisotopic (exact) mass is 348 g/mol. The first kappa shape index (κ1) is 18.0. The molecule has 2 aliphatic rings. The van der Waals surface area contributed by atoms with Crippen molar-refractivity contribution in [2.75, 3.05) is 19.8 Å². The largest absolute Gasteiger partial charge is 0.490 e. The highest BCUT2D eigenvalue weighted by atomic mass is 16.6. The van der Waals surface area contributed by atoms with Gasteiger partial charge in [0.1, 0.15) is 18.0 Å². The minimum atomic E-state index is -0.480. The van der Waals surface area contributed by atoms with Crippen LogP contribution in [-0.4, -0.2) is 52.5 Å². The number of ether oxygens (including phenoxy) is 2. The van der Waals surface area contributed by atoms with Crippen molar-refractivity contribution < 1.29 is 19.4 Å². The van der Waals surface area contributed by atoms with Crippen LogP contribution in [0.3, 0.4) is 0 Å². The molecule has 138 valence electrons. The lowest BCUT2D eigenvalue weighted by molar-refractivity contribution is -0.0141. The number of aromatic nitrogens is 1. The fourth-order valence-electron chi connectivity index (χ4n) is 3.23. The molecule has 1 amide bonds. The van der Waals surface area contributed by atoms with Gasteiger partial charge in [0.15, 0.2) is 0 Å². The molecule has 6 heteroatoms. The van der Waals surface area contributed by atoms with Crippen molar-refractivity contribution in [1.82, 2.24) is 9.88 Å². The number of pyridine rings is 1. The number of hydrogen-bond acceptors (Lipinski definition) is 5. The van der Waals surface area contributed by atoms with E-state index in [-0.39, 0.29) is 18.7 Å². The molecule has 3 unspecified atom stereocenters. The molecule has 25 heavy (non-hydrogen) atoms. The Labute approximate surface area is 149 Å². The Morgan fingerprint density at radius 1 is 1.40 bits per heavy atom. The van der Waals surface area contributed by atoms with Gasteiger partial charge in [-0.15, -0.1) is 0 Å². The molecule has 0 bridgehead atoms.